The lowest BCUT2D eigenvalue weighted by atomic mass is 10.00. The molecule has 1 aromatic carbocycles. The Labute approximate surface area is 126 Å². The maximum atomic E-state index is 6.16. The van der Waals surface area contributed by atoms with Crippen molar-refractivity contribution >= 4 is 0 Å². The predicted molar refractivity (Wildman–Crippen MR) is 83.5 cm³/mol. The summed E-state index contributed by atoms with van der Waals surface area (Å²) in [6.07, 6.45) is 6.29. The van der Waals surface area contributed by atoms with Crippen LogP contribution in [0.2, 0.25) is 0 Å². The van der Waals surface area contributed by atoms with Gasteiger partial charge in [0, 0.05) is 24.7 Å². The zero-order valence-corrected chi connectivity index (χ0v) is 12.7. The molecule has 0 saturated heterocycles. The van der Waals surface area contributed by atoms with Gasteiger partial charge in [-0.3, -0.25) is 4.68 Å². The molecule has 2 atom stereocenters. The smallest absolute Gasteiger partial charge is 0.123 e. The van der Waals surface area contributed by atoms with Crippen LogP contribution in [0.15, 0.2) is 36.7 Å². The first-order valence-corrected chi connectivity index (χ1v) is 7.82. The van der Waals surface area contributed by atoms with E-state index < -0.39 is 0 Å². The number of benzene rings is 1. The second-order valence-electron chi connectivity index (χ2n) is 5.53. The lowest BCUT2D eigenvalue weighted by Crippen LogP contribution is -2.35. The summed E-state index contributed by atoms with van der Waals surface area (Å²) in [4.78, 5) is 0. The van der Waals surface area contributed by atoms with E-state index in [1.54, 1.807) is 0 Å². The van der Waals surface area contributed by atoms with Gasteiger partial charge in [0.05, 0.1) is 12.2 Å². The van der Waals surface area contributed by atoms with Crippen LogP contribution in [0.25, 0.3) is 0 Å². The fourth-order valence-corrected chi connectivity index (χ4v) is 2.87. The van der Waals surface area contributed by atoms with Crippen molar-refractivity contribution in [2.24, 2.45) is 0 Å². The zero-order chi connectivity index (χ0) is 14.7. The summed E-state index contributed by atoms with van der Waals surface area (Å²) in [5.74, 6) is 1.02. The SMILES string of the molecule is CCCNC(c1cnn(CC)c1)C1Cc2ccccc2O1. The topological polar surface area (TPSA) is 39.1 Å². The third kappa shape index (κ3) is 2.95. The highest BCUT2D eigenvalue weighted by Crippen LogP contribution is 2.34. The summed E-state index contributed by atoms with van der Waals surface area (Å²) in [6, 6.07) is 8.51. The van der Waals surface area contributed by atoms with Crippen LogP contribution >= 0.6 is 0 Å². The standard InChI is InChI=1S/C17H23N3O/c1-3-9-18-17(14-11-19-20(4-2)12-14)16-10-13-7-5-6-8-15(13)21-16/h5-8,11-12,16-18H,3-4,9-10H2,1-2H3. The molecule has 1 aliphatic heterocycles. The molecule has 3 rings (SSSR count). The Kier molecular flexibility index (Phi) is 4.25. The van der Waals surface area contributed by atoms with Crippen LogP contribution < -0.4 is 10.1 Å². The first kappa shape index (κ1) is 14.1. The van der Waals surface area contributed by atoms with E-state index in [0.29, 0.717) is 0 Å². The molecule has 112 valence electrons. The number of nitrogens with one attached hydrogen (secondary N) is 1. The van der Waals surface area contributed by atoms with Gasteiger partial charge in [-0.25, -0.2) is 0 Å². The summed E-state index contributed by atoms with van der Waals surface area (Å²) in [6.45, 7) is 6.17. The quantitative estimate of drug-likeness (QED) is 0.887. The first-order chi connectivity index (χ1) is 10.3. The van der Waals surface area contributed by atoms with E-state index in [2.05, 4.69) is 48.7 Å². The number of para-hydroxylation sites is 1. The van der Waals surface area contributed by atoms with E-state index in [1.807, 2.05) is 16.9 Å². The third-order valence-electron chi connectivity index (χ3n) is 3.99. The van der Waals surface area contributed by atoms with Gasteiger partial charge in [-0.05, 0) is 31.5 Å². The normalized spacial score (nSPS) is 18.3. The Bertz CT molecular complexity index is 568. The summed E-state index contributed by atoms with van der Waals surface area (Å²) < 4.78 is 8.13. The van der Waals surface area contributed by atoms with Gasteiger partial charge in [-0.2, -0.15) is 5.10 Å². The number of fused-ring (bicyclic) bond motifs is 1. The molecule has 2 heterocycles. The lowest BCUT2D eigenvalue weighted by Gasteiger charge is -2.23. The van der Waals surface area contributed by atoms with Crippen LogP contribution in [-0.4, -0.2) is 22.4 Å². The Hall–Kier alpha value is -1.81. The summed E-state index contributed by atoms with van der Waals surface area (Å²) in [5, 5.41) is 8.03. The molecule has 2 unspecified atom stereocenters. The molecule has 4 heteroatoms. The van der Waals surface area contributed by atoms with Crippen molar-refractivity contribution in [3.05, 3.63) is 47.8 Å². The molecular formula is C17H23N3O. The average Bonchev–Trinajstić information content (AvgIpc) is 3.14. The highest BCUT2D eigenvalue weighted by molar-refractivity contribution is 5.38. The van der Waals surface area contributed by atoms with Crippen molar-refractivity contribution in [3.8, 4) is 5.75 Å². The van der Waals surface area contributed by atoms with Crippen molar-refractivity contribution < 1.29 is 4.74 Å². The van der Waals surface area contributed by atoms with E-state index >= 15 is 0 Å². The van der Waals surface area contributed by atoms with Gasteiger partial charge in [-0.1, -0.05) is 25.1 Å². The molecule has 1 aromatic heterocycles. The number of nitrogens with zero attached hydrogens (tertiary/aromatic N) is 2. The van der Waals surface area contributed by atoms with Crippen LogP contribution in [0.3, 0.4) is 0 Å². The summed E-state index contributed by atoms with van der Waals surface area (Å²) >= 11 is 0. The third-order valence-corrected chi connectivity index (χ3v) is 3.99. The Balaban J connectivity index is 1.80. The maximum Gasteiger partial charge on any atom is 0.123 e. The Morgan fingerprint density at radius 1 is 1.38 bits per heavy atom. The molecule has 0 fully saturated rings. The van der Waals surface area contributed by atoms with Crippen LogP contribution in [0, 0.1) is 0 Å². The molecule has 1 N–H and O–H groups in total. The zero-order valence-electron chi connectivity index (χ0n) is 12.7. The van der Waals surface area contributed by atoms with Crippen molar-refractivity contribution in [2.75, 3.05) is 6.54 Å². The van der Waals surface area contributed by atoms with Crippen molar-refractivity contribution in [3.63, 3.8) is 0 Å². The van der Waals surface area contributed by atoms with Crippen molar-refractivity contribution in [1.29, 1.82) is 0 Å². The van der Waals surface area contributed by atoms with E-state index in [4.69, 9.17) is 4.74 Å². The van der Waals surface area contributed by atoms with Crippen LogP contribution in [0.4, 0.5) is 0 Å². The molecule has 21 heavy (non-hydrogen) atoms. The highest BCUT2D eigenvalue weighted by atomic mass is 16.5. The molecular weight excluding hydrogens is 262 g/mol. The Morgan fingerprint density at radius 2 is 2.24 bits per heavy atom. The fourth-order valence-electron chi connectivity index (χ4n) is 2.87. The van der Waals surface area contributed by atoms with Gasteiger partial charge in [0.2, 0.25) is 0 Å². The molecule has 0 amide bonds. The molecule has 0 bridgehead atoms. The maximum absolute atomic E-state index is 6.16. The number of hydrogen-bond acceptors (Lipinski definition) is 3. The van der Waals surface area contributed by atoms with Gasteiger partial charge < -0.3 is 10.1 Å². The minimum Gasteiger partial charge on any atom is -0.488 e. The molecule has 0 radical (unpaired) electrons. The van der Waals surface area contributed by atoms with Crippen LogP contribution in [0.5, 0.6) is 5.75 Å². The second kappa shape index (κ2) is 6.31. The molecule has 2 aromatic rings. The van der Waals surface area contributed by atoms with Gasteiger partial charge in [0.25, 0.3) is 0 Å². The summed E-state index contributed by atoms with van der Waals surface area (Å²) in [7, 11) is 0. The molecule has 0 spiro atoms. The summed E-state index contributed by atoms with van der Waals surface area (Å²) in [5.41, 5.74) is 2.51. The monoisotopic (exact) mass is 285 g/mol. The van der Waals surface area contributed by atoms with E-state index in [0.717, 1.165) is 31.7 Å². The molecule has 1 aliphatic rings. The van der Waals surface area contributed by atoms with E-state index in [1.165, 1.54) is 11.1 Å². The van der Waals surface area contributed by atoms with Crippen LogP contribution in [0.1, 0.15) is 37.4 Å². The first-order valence-electron chi connectivity index (χ1n) is 7.82. The largest absolute Gasteiger partial charge is 0.488 e. The lowest BCUT2D eigenvalue weighted by molar-refractivity contribution is 0.178. The minimum atomic E-state index is 0.142. The number of aryl methyl sites for hydroxylation is 1. The van der Waals surface area contributed by atoms with Gasteiger partial charge in [-0.15, -0.1) is 0 Å². The van der Waals surface area contributed by atoms with E-state index in [9.17, 15) is 0 Å². The minimum absolute atomic E-state index is 0.142. The molecule has 4 nitrogen and oxygen atoms in total. The van der Waals surface area contributed by atoms with E-state index in [-0.39, 0.29) is 12.1 Å². The van der Waals surface area contributed by atoms with Gasteiger partial charge >= 0.3 is 0 Å². The van der Waals surface area contributed by atoms with Crippen molar-refractivity contribution in [1.82, 2.24) is 15.1 Å². The van der Waals surface area contributed by atoms with Gasteiger partial charge in [0.1, 0.15) is 11.9 Å². The van der Waals surface area contributed by atoms with Crippen molar-refractivity contribution in [2.45, 2.75) is 45.4 Å². The van der Waals surface area contributed by atoms with Gasteiger partial charge in [0.15, 0.2) is 0 Å². The Morgan fingerprint density at radius 3 is 2.95 bits per heavy atom. The number of rotatable bonds is 6. The molecule has 0 aliphatic carbocycles. The highest BCUT2D eigenvalue weighted by Gasteiger charge is 2.31. The second-order valence-corrected chi connectivity index (χ2v) is 5.53. The fraction of sp³-hybridized carbons (Fsp3) is 0.471. The average molecular weight is 285 g/mol. The number of ether oxygens (including phenoxy) is 1. The molecule has 0 saturated carbocycles. The predicted octanol–water partition coefficient (Wildman–Crippen LogP) is 2.95. The number of aromatic nitrogens is 2. The number of hydrogen-bond donors (Lipinski definition) is 1. The van der Waals surface area contributed by atoms with Crippen LogP contribution in [-0.2, 0) is 13.0 Å².